The van der Waals surface area contributed by atoms with E-state index in [1.54, 1.807) is 6.33 Å². The van der Waals surface area contributed by atoms with Gasteiger partial charge in [0.1, 0.15) is 0 Å². The number of hydrogen-bond donors (Lipinski definition) is 1. The molecule has 2 nitrogen and oxygen atoms in total. The third kappa shape index (κ3) is 2.51. The fourth-order valence-corrected chi connectivity index (χ4v) is 1.85. The smallest absolute Gasteiger partial charge is 0.0924 e. The van der Waals surface area contributed by atoms with Gasteiger partial charge in [0.15, 0.2) is 0 Å². The first-order chi connectivity index (χ1) is 7.77. The number of nitrogens with one attached hydrogen (secondary N) is 1. The SMILES string of the molecule is CC(C)CCc1ccccc1-c1cnc[nH]1. The number of benzene rings is 1. The molecule has 2 heteroatoms. The van der Waals surface area contributed by atoms with Gasteiger partial charge in [-0.05, 0) is 24.3 Å². The molecule has 0 spiro atoms. The Balaban J connectivity index is 2.24. The van der Waals surface area contributed by atoms with E-state index in [2.05, 4.69) is 48.1 Å². The second-order valence-corrected chi connectivity index (χ2v) is 4.55. The van der Waals surface area contributed by atoms with Crippen molar-refractivity contribution in [2.24, 2.45) is 5.92 Å². The number of hydrogen-bond acceptors (Lipinski definition) is 1. The van der Waals surface area contributed by atoms with E-state index in [1.165, 1.54) is 17.5 Å². The van der Waals surface area contributed by atoms with Crippen LogP contribution < -0.4 is 0 Å². The standard InChI is InChI=1S/C14H18N2/c1-11(2)7-8-12-5-3-4-6-13(12)14-9-15-10-16-14/h3-6,9-11H,7-8H2,1-2H3,(H,15,16). The number of aryl methyl sites for hydroxylation is 1. The molecule has 2 aromatic rings. The molecule has 0 aliphatic heterocycles. The highest BCUT2D eigenvalue weighted by Crippen LogP contribution is 2.23. The molecule has 0 saturated heterocycles. The van der Waals surface area contributed by atoms with Crippen molar-refractivity contribution in [1.82, 2.24) is 9.97 Å². The molecule has 0 amide bonds. The molecular formula is C14H18N2. The van der Waals surface area contributed by atoms with Crippen LogP contribution in [0.2, 0.25) is 0 Å². The van der Waals surface area contributed by atoms with Gasteiger partial charge in [-0.3, -0.25) is 0 Å². The summed E-state index contributed by atoms with van der Waals surface area (Å²) in [5.41, 5.74) is 3.79. The van der Waals surface area contributed by atoms with Crippen LogP contribution in [-0.2, 0) is 6.42 Å². The maximum atomic E-state index is 4.08. The summed E-state index contributed by atoms with van der Waals surface area (Å²) in [5.74, 6) is 0.745. The van der Waals surface area contributed by atoms with Gasteiger partial charge in [0, 0.05) is 5.56 Å². The van der Waals surface area contributed by atoms with Crippen LogP contribution in [0.25, 0.3) is 11.3 Å². The molecule has 0 unspecified atom stereocenters. The van der Waals surface area contributed by atoms with Crippen LogP contribution in [0.5, 0.6) is 0 Å². The Bertz CT molecular complexity index is 430. The van der Waals surface area contributed by atoms with Crippen molar-refractivity contribution in [1.29, 1.82) is 0 Å². The summed E-state index contributed by atoms with van der Waals surface area (Å²) >= 11 is 0. The Morgan fingerprint density at radius 2 is 2.06 bits per heavy atom. The summed E-state index contributed by atoms with van der Waals surface area (Å²) in [6.07, 6.45) is 5.97. The van der Waals surface area contributed by atoms with Gasteiger partial charge >= 0.3 is 0 Å². The van der Waals surface area contributed by atoms with Crippen molar-refractivity contribution >= 4 is 0 Å². The van der Waals surface area contributed by atoms with Gasteiger partial charge in [0.2, 0.25) is 0 Å². The lowest BCUT2D eigenvalue weighted by atomic mass is 9.97. The molecule has 0 fully saturated rings. The second-order valence-electron chi connectivity index (χ2n) is 4.55. The normalized spacial score (nSPS) is 10.9. The van der Waals surface area contributed by atoms with Gasteiger partial charge in [-0.1, -0.05) is 38.1 Å². The van der Waals surface area contributed by atoms with Gasteiger partial charge in [0.25, 0.3) is 0 Å². The van der Waals surface area contributed by atoms with E-state index in [1.807, 2.05) is 6.20 Å². The molecule has 0 aliphatic rings. The summed E-state index contributed by atoms with van der Waals surface area (Å²) in [6, 6.07) is 8.55. The van der Waals surface area contributed by atoms with E-state index in [4.69, 9.17) is 0 Å². The lowest BCUT2D eigenvalue weighted by Crippen LogP contribution is -1.94. The predicted octanol–water partition coefficient (Wildman–Crippen LogP) is 3.67. The Labute approximate surface area is 96.7 Å². The third-order valence-electron chi connectivity index (χ3n) is 2.80. The van der Waals surface area contributed by atoms with E-state index >= 15 is 0 Å². The van der Waals surface area contributed by atoms with Crippen molar-refractivity contribution < 1.29 is 0 Å². The van der Waals surface area contributed by atoms with Crippen LogP contribution in [0.15, 0.2) is 36.8 Å². The van der Waals surface area contributed by atoms with Crippen LogP contribution in [0.3, 0.4) is 0 Å². The molecule has 2 rings (SSSR count). The lowest BCUT2D eigenvalue weighted by Gasteiger charge is -2.09. The maximum Gasteiger partial charge on any atom is 0.0924 e. The molecule has 0 saturated carbocycles. The van der Waals surface area contributed by atoms with E-state index in [-0.39, 0.29) is 0 Å². The fourth-order valence-electron chi connectivity index (χ4n) is 1.85. The van der Waals surface area contributed by atoms with Crippen LogP contribution in [0, 0.1) is 5.92 Å². The van der Waals surface area contributed by atoms with Crippen LogP contribution >= 0.6 is 0 Å². The molecule has 0 bridgehead atoms. The molecule has 0 aliphatic carbocycles. The zero-order valence-electron chi connectivity index (χ0n) is 9.90. The monoisotopic (exact) mass is 214 g/mol. The number of rotatable bonds is 4. The molecular weight excluding hydrogens is 196 g/mol. The van der Waals surface area contributed by atoms with Gasteiger partial charge in [-0.2, -0.15) is 0 Å². The summed E-state index contributed by atoms with van der Waals surface area (Å²) in [4.78, 5) is 7.25. The average Bonchev–Trinajstić information content (AvgIpc) is 2.80. The van der Waals surface area contributed by atoms with Crippen LogP contribution in [-0.4, -0.2) is 9.97 Å². The fraction of sp³-hybridized carbons (Fsp3) is 0.357. The predicted molar refractivity (Wildman–Crippen MR) is 67.2 cm³/mol. The minimum atomic E-state index is 0.745. The number of nitrogens with zero attached hydrogens (tertiary/aromatic N) is 1. The van der Waals surface area contributed by atoms with Crippen molar-refractivity contribution in [2.45, 2.75) is 26.7 Å². The summed E-state index contributed by atoms with van der Waals surface area (Å²) in [6.45, 7) is 4.53. The Kier molecular flexibility index (Phi) is 3.40. The largest absolute Gasteiger partial charge is 0.345 e. The topological polar surface area (TPSA) is 28.7 Å². The second kappa shape index (κ2) is 4.97. The van der Waals surface area contributed by atoms with Gasteiger partial charge in [-0.15, -0.1) is 0 Å². The first-order valence-corrected chi connectivity index (χ1v) is 5.84. The Morgan fingerprint density at radius 1 is 1.25 bits per heavy atom. The first kappa shape index (κ1) is 10.9. The molecule has 16 heavy (non-hydrogen) atoms. The average molecular weight is 214 g/mol. The third-order valence-corrected chi connectivity index (χ3v) is 2.80. The highest BCUT2D eigenvalue weighted by molar-refractivity contribution is 5.62. The van der Waals surface area contributed by atoms with Gasteiger partial charge < -0.3 is 4.98 Å². The highest BCUT2D eigenvalue weighted by Gasteiger charge is 2.05. The van der Waals surface area contributed by atoms with E-state index in [9.17, 15) is 0 Å². The molecule has 1 aromatic carbocycles. The number of aromatic nitrogens is 2. The molecule has 1 N–H and O–H groups in total. The van der Waals surface area contributed by atoms with Gasteiger partial charge in [-0.25, -0.2) is 4.98 Å². The van der Waals surface area contributed by atoms with Crippen molar-refractivity contribution in [2.75, 3.05) is 0 Å². The molecule has 0 atom stereocenters. The molecule has 1 aromatic heterocycles. The van der Waals surface area contributed by atoms with E-state index in [0.29, 0.717) is 0 Å². The van der Waals surface area contributed by atoms with E-state index < -0.39 is 0 Å². The van der Waals surface area contributed by atoms with Gasteiger partial charge in [0.05, 0.1) is 18.2 Å². The minimum absolute atomic E-state index is 0.745. The van der Waals surface area contributed by atoms with E-state index in [0.717, 1.165) is 18.0 Å². The summed E-state index contributed by atoms with van der Waals surface area (Å²) in [5, 5.41) is 0. The molecule has 0 radical (unpaired) electrons. The van der Waals surface area contributed by atoms with Crippen molar-refractivity contribution in [3.63, 3.8) is 0 Å². The van der Waals surface area contributed by atoms with Crippen molar-refractivity contribution in [3.8, 4) is 11.3 Å². The minimum Gasteiger partial charge on any atom is -0.345 e. The Hall–Kier alpha value is -1.57. The van der Waals surface area contributed by atoms with Crippen LogP contribution in [0.1, 0.15) is 25.8 Å². The summed E-state index contributed by atoms with van der Waals surface area (Å²) < 4.78 is 0. The Morgan fingerprint density at radius 3 is 2.75 bits per heavy atom. The molecule has 84 valence electrons. The lowest BCUT2D eigenvalue weighted by molar-refractivity contribution is 0.587. The zero-order valence-corrected chi connectivity index (χ0v) is 9.90. The number of aromatic amines is 1. The number of H-pyrrole nitrogens is 1. The number of imidazole rings is 1. The first-order valence-electron chi connectivity index (χ1n) is 5.84. The summed E-state index contributed by atoms with van der Waals surface area (Å²) in [7, 11) is 0. The quantitative estimate of drug-likeness (QED) is 0.826. The zero-order chi connectivity index (χ0) is 11.4. The highest BCUT2D eigenvalue weighted by atomic mass is 14.9. The van der Waals surface area contributed by atoms with Crippen molar-refractivity contribution in [3.05, 3.63) is 42.4 Å². The van der Waals surface area contributed by atoms with Crippen LogP contribution in [0.4, 0.5) is 0 Å². The molecule has 1 heterocycles. The maximum absolute atomic E-state index is 4.08.